The molecule has 0 unspecified atom stereocenters. The molecular weight excluding hydrogens is 167 g/mol. The molecular formula is C10H9FN2. The Kier molecular flexibility index (Phi) is 1.85. The summed E-state index contributed by atoms with van der Waals surface area (Å²) in [5.74, 6) is 0.621. The van der Waals surface area contributed by atoms with Crippen LogP contribution in [0.3, 0.4) is 0 Å². The van der Waals surface area contributed by atoms with E-state index in [-0.39, 0.29) is 5.82 Å². The Hall–Kier alpha value is -1.64. The average Bonchev–Trinajstić information content (AvgIpc) is 2.51. The number of aryl methyl sites for hydroxylation is 1. The molecule has 0 saturated heterocycles. The fourth-order valence-corrected chi connectivity index (χ4v) is 1.28. The third kappa shape index (κ3) is 1.45. The van der Waals surface area contributed by atoms with Gasteiger partial charge in [-0.1, -0.05) is 6.07 Å². The molecule has 66 valence electrons. The molecule has 0 atom stereocenters. The Morgan fingerprint density at radius 2 is 2.23 bits per heavy atom. The highest BCUT2D eigenvalue weighted by Crippen LogP contribution is 2.10. The van der Waals surface area contributed by atoms with E-state index in [0.29, 0.717) is 0 Å². The molecule has 1 aromatic carbocycles. The highest BCUT2D eigenvalue weighted by atomic mass is 19.1. The Balaban J connectivity index is 2.53. The maximum Gasteiger partial charge on any atom is 0.125 e. The zero-order valence-electron chi connectivity index (χ0n) is 7.24. The number of imidazole rings is 1. The van der Waals surface area contributed by atoms with Crippen molar-refractivity contribution in [3.05, 3.63) is 48.3 Å². The molecule has 0 spiro atoms. The molecule has 13 heavy (non-hydrogen) atoms. The van der Waals surface area contributed by atoms with Gasteiger partial charge in [0.1, 0.15) is 11.6 Å². The van der Waals surface area contributed by atoms with Crippen LogP contribution in [0, 0.1) is 12.7 Å². The Bertz CT molecular complexity index is 420. The molecule has 2 nitrogen and oxygen atoms in total. The summed E-state index contributed by atoms with van der Waals surface area (Å²) in [4.78, 5) is 4.06. The third-order valence-corrected chi connectivity index (χ3v) is 1.91. The Morgan fingerprint density at radius 1 is 1.38 bits per heavy atom. The van der Waals surface area contributed by atoms with Crippen LogP contribution in [0.25, 0.3) is 5.69 Å². The fraction of sp³-hybridized carbons (Fsp3) is 0.100. The van der Waals surface area contributed by atoms with Crippen molar-refractivity contribution < 1.29 is 4.39 Å². The Morgan fingerprint density at radius 3 is 2.85 bits per heavy atom. The number of benzene rings is 1. The predicted octanol–water partition coefficient (Wildman–Crippen LogP) is 2.32. The van der Waals surface area contributed by atoms with Gasteiger partial charge in [0.15, 0.2) is 0 Å². The maximum absolute atomic E-state index is 12.9. The summed E-state index contributed by atoms with van der Waals surface area (Å²) in [6, 6.07) is 6.44. The molecule has 0 aliphatic carbocycles. The smallest absolute Gasteiger partial charge is 0.125 e. The van der Waals surface area contributed by atoms with Crippen LogP contribution in [0.15, 0.2) is 36.7 Å². The molecule has 0 bridgehead atoms. The minimum absolute atomic E-state index is 0.231. The standard InChI is InChI=1S/C10H9FN2/c1-8-12-5-6-13(8)10-4-2-3-9(11)7-10/h2-7H,1H3. The first-order valence-electron chi connectivity index (χ1n) is 4.03. The van der Waals surface area contributed by atoms with Gasteiger partial charge in [-0.15, -0.1) is 0 Å². The summed E-state index contributed by atoms with van der Waals surface area (Å²) in [6.07, 6.45) is 3.50. The number of halogens is 1. The summed E-state index contributed by atoms with van der Waals surface area (Å²) in [6.45, 7) is 1.88. The van der Waals surface area contributed by atoms with Gasteiger partial charge >= 0.3 is 0 Å². The fourth-order valence-electron chi connectivity index (χ4n) is 1.28. The molecule has 0 saturated carbocycles. The molecule has 1 heterocycles. The van der Waals surface area contributed by atoms with Crippen molar-refractivity contribution in [1.82, 2.24) is 9.55 Å². The Labute approximate surface area is 75.7 Å². The van der Waals surface area contributed by atoms with Gasteiger partial charge in [-0.05, 0) is 25.1 Å². The van der Waals surface area contributed by atoms with E-state index < -0.39 is 0 Å². The number of hydrogen-bond donors (Lipinski definition) is 0. The monoisotopic (exact) mass is 176 g/mol. The van der Waals surface area contributed by atoms with Crippen molar-refractivity contribution >= 4 is 0 Å². The predicted molar refractivity (Wildman–Crippen MR) is 48.3 cm³/mol. The molecule has 2 rings (SSSR count). The number of hydrogen-bond acceptors (Lipinski definition) is 1. The first kappa shape index (κ1) is 7.98. The van der Waals surface area contributed by atoms with Gasteiger partial charge in [-0.2, -0.15) is 0 Å². The first-order valence-corrected chi connectivity index (χ1v) is 4.03. The van der Waals surface area contributed by atoms with Crippen LogP contribution in [-0.4, -0.2) is 9.55 Å². The summed E-state index contributed by atoms with van der Waals surface area (Å²) in [5, 5.41) is 0. The molecule has 0 fully saturated rings. The van der Waals surface area contributed by atoms with Crippen molar-refractivity contribution in [2.45, 2.75) is 6.92 Å². The van der Waals surface area contributed by atoms with Crippen molar-refractivity contribution in [3.8, 4) is 5.69 Å². The topological polar surface area (TPSA) is 17.8 Å². The summed E-state index contributed by atoms with van der Waals surface area (Å²) in [5.41, 5.74) is 0.801. The largest absolute Gasteiger partial charge is 0.304 e. The van der Waals surface area contributed by atoms with Crippen LogP contribution in [-0.2, 0) is 0 Å². The van der Waals surface area contributed by atoms with Crippen molar-refractivity contribution in [2.24, 2.45) is 0 Å². The normalized spacial score (nSPS) is 10.3. The zero-order chi connectivity index (χ0) is 9.26. The molecule has 0 aliphatic rings. The molecule has 0 N–H and O–H groups in total. The highest BCUT2D eigenvalue weighted by Gasteiger charge is 2.00. The molecule has 3 heteroatoms. The maximum atomic E-state index is 12.9. The van der Waals surface area contributed by atoms with Gasteiger partial charge in [0, 0.05) is 18.1 Å². The minimum Gasteiger partial charge on any atom is -0.304 e. The van der Waals surface area contributed by atoms with Crippen molar-refractivity contribution in [2.75, 3.05) is 0 Å². The van der Waals surface area contributed by atoms with Gasteiger partial charge in [-0.25, -0.2) is 9.37 Å². The van der Waals surface area contributed by atoms with Crippen LogP contribution in [0.4, 0.5) is 4.39 Å². The van der Waals surface area contributed by atoms with Crippen LogP contribution < -0.4 is 0 Å². The summed E-state index contributed by atoms with van der Waals surface area (Å²) < 4.78 is 14.7. The number of nitrogens with zero attached hydrogens (tertiary/aromatic N) is 2. The highest BCUT2D eigenvalue weighted by molar-refractivity contribution is 5.33. The van der Waals surface area contributed by atoms with Gasteiger partial charge < -0.3 is 4.57 Å². The van der Waals surface area contributed by atoms with E-state index in [1.165, 1.54) is 12.1 Å². The number of rotatable bonds is 1. The van der Waals surface area contributed by atoms with Gasteiger partial charge in [0.2, 0.25) is 0 Å². The van der Waals surface area contributed by atoms with Crippen LogP contribution in [0.5, 0.6) is 0 Å². The quantitative estimate of drug-likeness (QED) is 0.652. The lowest BCUT2D eigenvalue weighted by Crippen LogP contribution is -1.95. The SMILES string of the molecule is Cc1nccn1-c1cccc(F)c1. The van der Waals surface area contributed by atoms with E-state index in [0.717, 1.165) is 11.5 Å². The number of aromatic nitrogens is 2. The molecule has 0 radical (unpaired) electrons. The van der Waals surface area contributed by atoms with Gasteiger partial charge in [0.25, 0.3) is 0 Å². The van der Waals surface area contributed by atoms with Crippen LogP contribution in [0.1, 0.15) is 5.82 Å². The summed E-state index contributed by atoms with van der Waals surface area (Å²) >= 11 is 0. The van der Waals surface area contributed by atoms with E-state index in [1.54, 1.807) is 12.3 Å². The van der Waals surface area contributed by atoms with Gasteiger partial charge in [-0.3, -0.25) is 0 Å². The van der Waals surface area contributed by atoms with E-state index >= 15 is 0 Å². The average molecular weight is 176 g/mol. The molecule has 0 amide bonds. The lowest BCUT2D eigenvalue weighted by Gasteiger charge is -2.03. The first-order chi connectivity index (χ1) is 6.27. The van der Waals surface area contributed by atoms with Crippen molar-refractivity contribution in [1.29, 1.82) is 0 Å². The van der Waals surface area contributed by atoms with E-state index in [1.807, 2.05) is 23.8 Å². The van der Waals surface area contributed by atoms with E-state index in [9.17, 15) is 4.39 Å². The third-order valence-electron chi connectivity index (χ3n) is 1.91. The summed E-state index contributed by atoms with van der Waals surface area (Å²) in [7, 11) is 0. The van der Waals surface area contributed by atoms with E-state index in [4.69, 9.17) is 0 Å². The molecule has 2 aromatic rings. The van der Waals surface area contributed by atoms with E-state index in [2.05, 4.69) is 4.98 Å². The van der Waals surface area contributed by atoms with Crippen LogP contribution >= 0.6 is 0 Å². The second-order valence-electron chi connectivity index (χ2n) is 2.82. The lowest BCUT2D eigenvalue weighted by molar-refractivity contribution is 0.626. The van der Waals surface area contributed by atoms with Gasteiger partial charge in [0.05, 0.1) is 0 Å². The van der Waals surface area contributed by atoms with Crippen LogP contribution in [0.2, 0.25) is 0 Å². The second kappa shape index (κ2) is 3.01. The zero-order valence-corrected chi connectivity index (χ0v) is 7.24. The van der Waals surface area contributed by atoms with Crippen molar-refractivity contribution in [3.63, 3.8) is 0 Å². The minimum atomic E-state index is -0.231. The lowest BCUT2D eigenvalue weighted by atomic mass is 10.3. The molecule has 0 aliphatic heterocycles. The molecule has 1 aromatic heterocycles. The second-order valence-corrected chi connectivity index (χ2v) is 2.82.